The van der Waals surface area contributed by atoms with Gasteiger partial charge in [0, 0.05) is 13.2 Å². The van der Waals surface area contributed by atoms with E-state index in [9.17, 15) is 9.18 Å². The Morgan fingerprint density at radius 1 is 1.32 bits per heavy atom. The summed E-state index contributed by atoms with van der Waals surface area (Å²) in [6.07, 6.45) is 1.56. The van der Waals surface area contributed by atoms with E-state index in [0.717, 1.165) is 0 Å². The lowest BCUT2D eigenvalue weighted by Crippen LogP contribution is -2.15. The molecule has 0 aliphatic carbocycles. The number of amides is 1. The molecule has 0 atom stereocenters. The third-order valence-corrected chi connectivity index (χ3v) is 3.14. The molecule has 0 spiro atoms. The lowest BCUT2D eigenvalue weighted by molar-refractivity contribution is 0.102. The number of halogens is 2. The Morgan fingerprint density at radius 3 is 2.79 bits per heavy atom. The zero-order valence-electron chi connectivity index (χ0n) is 10.1. The van der Waals surface area contributed by atoms with Crippen LogP contribution >= 0.6 is 15.9 Å². The first-order valence-corrected chi connectivity index (χ1v) is 6.31. The fraction of sp³-hybridized carbons (Fsp3) is 0.0769. The fourth-order valence-electron chi connectivity index (χ4n) is 1.62. The van der Waals surface area contributed by atoms with Gasteiger partial charge >= 0.3 is 0 Å². The molecule has 1 aromatic carbocycles. The first kappa shape index (κ1) is 13.5. The van der Waals surface area contributed by atoms with Gasteiger partial charge in [0.05, 0.1) is 15.7 Å². The summed E-state index contributed by atoms with van der Waals surface area (Å²) >= 11 is 3.28. The molecule has 1 heterocycles. The highest BCUT2D eigenvalue weighted by atomic mass is 79.9. The van der Waals surface area contributed by atoms with E-state index in [1.807, 2.05) is 0 Å². The number of hydrogen-bond donors (Lipinski definition) is 2. The Morgan fingerprint density at radius 2 is 2.11 bits per heavy atom. The molecule has 6 heteroatoms. The number of hydrogen-bond acceptors (Lipinski definition) is 3. The molecule has 0 aliphatic rings. The maximum Gasteiger partial charge on any atom is 0.259 e. The number of aromatic nitrogens is 1. The van der Waals surface area contributed by atoms with Crippen LogP contribution in [0.3, 0.4) is 0 Å². The Hall–Kier alpha value is -1.95. The first-order valence-electron chi connectivity index (χ1n) is 5.51. The average Bonchev–Trinajstić information content (AvgIpc) is 2.41. The van der Waals surface area contributed by atoms with Crippen LogP contribution in [0, 0.1) is 5.82 Å². The predicted molar refractivity (Wildman–Crippen MR) is 75.8 cm³/mol. The molecule has 0 fully saturated rings. The molecule has 0 unspecified atom stereocenters. The van der Waals surface area contributed by atoms with Crippen LogP contribution in [-0.4, -0.2) is 17.9 Å². The third-order valence-electron chi connectivity index (χ3n) is 2.50. The summed E-state index contributed by atoms with van der Waals surface area (Å²) in [5.41, 5.74) is 0.382. The van der Waals surface area contributed by atoms with Crippen molar-refractivity contribution in [3.63, 3.8) is 0 Å². The molecule has 0 aliphatic heterocycles. The molecule has 0 bridgehead atoms. The zero-order chi connectivity index (χ0) is 13.8. The van der Waals surface area contributed by atoms with Crippen molar-refractivity contribution in [1.29, 1.82) is 0 Å². The predicted octanol–water partition coefficient (Wildman–Crippen LogP) is 3.28. The second-order valence-electron chi connectivity index (χ2n) is 3.70. The monoisotopic (exact) mass is 323 g/mol. The van der Waals surface area contributed by atoms with Crippen molar-refractivity contribution < 1.29 is 9.18 Å². The van der Waals surface area contributed by atoms with Crippen LogP contribution in [-0.2, 0) is 0 Å². The topological polar surface area (TPSA) is 54.0 Å². The average molecular weight is 324 g/mol. The number of pyridine rings is 1. The van der Waals surface area contributed by atoms with E-state index >= 15 is 0 Å². The lowest BCUT2D eigenvalue weighted by Gasteiger charge is -2.10. The third kappa shape index (κ3) is 2.90. The number of para-hydroxylation sites is 1. The summed E-state index contributed by atoms with van der Waals surface area (Å²) in [4.78, 5) is 16.1. The standard InChI is InChI=1S/C13H11BrFN3O/c1-16-11-8(4-2-6-10(11)15)13(19)18-12-9(14)5-3-7-17-12/h2-7,16H,1H3,(H,17,18,19). The van der Waals surface area contributed by atoms with Crippen LogP contribution in [0.5, 0.6) is 0 Å². The number of carbonyl (C=O) groups is 1. The minimum atomic E-state index is -0.477. The van der Waals surface area contributed by atoms with E-state index in [0.29, 0.717) is 10.3 Å². The molecule has 0 saturated carbocycles. The van der Waals surface area contributed by atoms with E-state index in [2.05, 4.69) is 31.5 Å². The molecule has 4 nitrogen and oxygen atoms in total. The Labute approximate surface area is 118 Å². The molecule has 1 amide bonds. The highest BCUT2D eigenvalue weighted by Crippen LogP contribution is 2.23. The zero-order valence-corrected chi connectivity index (χ0v) is 11.7. The van der Waals surface area contributed by atoms with Gasteiger partial charge in [0.2, 0.25) is 0 Å². The van der Waals surface area contributed by atoms with Gasteiger partial charge in [0.1, 0.15) is 11.6 Å². The Balaban J connectivity index is 2.31. The van der Waals surface area contributed by atoms with Gasteiger partial charge in [-0.1, -0.05) is 6.07 Å². The molecular formula is C13H11BrFN3O. The van der Waals surface area contributed by atoms with Crippen LogP contribution < -0.4 is 10.6 Å². The molecule has 0 radical (unpaired) electrons. The second kappa shape index (κ2) is 5.79. The van der Waals surface area contributed by atoms with Crippen molar-refractivity contribution in [2.24, 2.45) is 0 Å². The number of nitrogens with one attached hydrogen (secondary N) is 2. The SMILES string of the molecule is CNc1c(F)cccc1C(=O)Nc1ncccc1Br. The summed E-state index contributed by atoms with van der Waals surface area (Å²) in [6.45, 7) is 0. The largest absolute Gasteiger partial charge is 0.385 e. The van der Waals surface area contributed by atoms with E-state index in [1.54, 1.807) is 31.4 Å². The van der Waals surface area contributed by atoms with Gasteiger partial charge in [-0.2, -0.15) is 0 Å². The minimum absolute atomic E-state index is 0.159. The van der Waals surface area contributed by atoms with Crippen LogP contribution in [0.1, 0.15) is 10.4 Å². The van der Waals surface area contributed by atoms with Gasteiger partial charge < -0.3 is 10.6 Å². The number of anilines is 2. The van der Waals surface area contributed by atoms with Gasteiger partial charge in [-0.05, 0) is 40.2 Å². The number of benzene rings is 1. The summed E-state index contributed by atoms with van der Waals surface area (Å²) < 4.78 is 14.2. The van der Waals surface area contributed by atoms with Gasteiger partial charge in [-0.25, -0.2) is 9.37 Å². The number of nitrogens with zero attached hydrogens (tertiary/aromatic N) is 1. The summed E-state index contributed by atoms with van der Waals surface area (Å²) in [5.74, 6) is -0.516. The van der Waals surface area contributed by atoms with Crippen LogP contribution in [0.4, 0.5) is 15.9 Å². The van der Waals surface area contributed by atoms with E-state index in [1.165, 1.54) is 12.1 Å². The van der Waals surface area contributed by atoms with E-state index in [-0.39, 0.29) is 11.3 Å². The molecule has 2 aromatic rings. The normalized spacial score (nSPS) is 10.1. The van der Waals surface area contributed by atoms with Crippen LogP contribution in [0.25, 0.3) is 0 Å². The van der Waals surface area contributed by atoms with Gasteiger partial charge in [0.15, 0.2) is 0 Å². The molecular weight excluding hydrogens is 313 g/mol. The van der Waals surface area contributed by atoms with Crippen molar-refractivity contribution in [3.8, 4) is 0 Å². The van der Waals surface area contributed by atoms with Crippen molar-refractivity contribution >= 4 is 33.3 Å². The van der Waals surface area contributed by atoms with Gasteiger partial charge in [-0.3, -0.25) is 4.79 Å². The highest BCUT2D eigenvalue weighted by molar-refractivity contribution is 9.10. The maximum absolute atomic E-state index is 13.6. The van der Waals surface area contributed by atoms with E-state index in [4.69, 9.17) is 0 Å². The van der Waals surface area contributed by atoms with Crippen molar-refractivity contribution in [3.05, 3.63) is 52.4 Å². The molecule has 1 aromatic heterocycles. The Kier molecular flexibility index (Phi) is 4.11. The van der Waals surface area contributed by atoms with Crippen molar-refractivity contribution in [2.75, 3.05) is 17.7 Å². The van der Waals surface area contributed by atoms with Crippen molar-refractivity contribution in [1.82, 2.24) is 4.98 Å². The van der Waals surface area contributed by atoms with Crippen LogP contribution in [0.15, 0.2) is 41.0 Å². The molecule has 2 rings (SSSR count). The van der Waals surface area contributed by atoms with E-state index < -0.39 is 11.7 Å². The second-order valence-corrected chi connectivity index (χ2v) is 4.55. The number of carbonyl (C=O) groups excluding carboxylic acids is 1. The maximum atomic E-state index is 13.6. The highest BCUT2D eigenvalue weighted by Gasteiger charge is 2.15. The molecule has 98 valence electrons. The molecule has 2 N–H and O–H groups in total. The summed E-state index contributed by atoms with van der Waals surface area (Å²) in [7, 11) is 1.56. The molecule has 0 saturated heterocycles. The summed E-state index contributed by atoms with van der Waals surface area (Å²) in [5, 5.41) is 5.30. The van der Waals surface area contributed by atoms with Crippen molar-refractivity contribution in [2.45, 2.75) is 0 Å². The van der Waals surface area contributed by atoms with Gasteiger partial charge in [-0.15, -0.1) is 0 Å². The minimum Gasteiger partial charge on any atom is -0.385 e. The van der Waals surface area contributed by atoms with Crippen LogP contribution in [0.2, 0.25) is 0 Å². The number of rotatable bonds is 3. The first-order chi connectivity index (χ1) is 9.13. The summed E-state index contributed by atoms with van der Waals surface area (Å²) in [6, 6.07) is 7.81. The molecule has 19 heavy (non-hydrogen) atoms. The Bertz CT molecular complexity index is 619. The smallest absolute Gasteiger partial charge is 0.259 e. The van der Waals surface area contributed by atoms with Gasteiger partial charge in [0.25, 0.3) is 5.91 Å². The lowest BCUT2D eigenvalue weighted by atomic mass is 10.1. The fourth-order valence-corrected chi connectivity index (χ4v) is 1.97. The quantitative estimate of drug-likeness (QED) is 0.911.